The van der Waals surface area contributed by atoms with Crippen molar-refractivity contribution in [1.82, 2.24) is 10.2 Å². The van der Waals surface area contributed by atoms with Crippen molar-refractivity contribution in [3.8, 4) is 0 Å². The molecule has 0 radical (unpaired) electrons. The predicted octanol–water partition coefficient (Wildman–Crippen LogP) is 5.54. The molecule has 0 fully saturated rings. The molecule has 0 aliphatic heterocycles. The van der Waals surface area contributed by atoms with Gasteiger partial charge in [-0.3, -0.25) is 9.59 Å². The van der Waals surface area contributed by atoms with E-state index in [1.807, 2.05) is 76.2 Å². The van der Waals surface area contributed by atoms with Gasteiger partial charge in [-0.05, 0) is 55.5 Å². The SMILES string of the molecule is CC[C@H](C)NC(=O)[C@H](Cc1ccccc1)N(Cc1ccccc1F)C(=O)Cc1ccc(C)c(C)c1. The van der Waals surface area contributed by atoms with E-state index in [-0.39, 0.29) is 30.8 Å². The second-order valence-electron chi connectivity index (χ2n) is 9.23. The average Bonchev–Trinajstić information content (AvgIpc) is 2.85. The van der Waals surface area contributed by atoms with Crippen LogP contribution in [-0.2, 0) is 29.0 Å². The number of hydrogen-bond donors (Lipinski definition) is 1. The largest absolute Gasteiger partial charge is 0.352 e. The lowest BCUT2D eigenvalue weighted by atomic mass is 10.00. The highest BCUT2D eigenvalue weighted by Crippen LogP contribution is 2.19. The predicted molar refractivity (Wildman–Crippen MR) is 138 cm³/mol. The first-order valence-electron chi connectivity index (χ1n) is 12.2. The van der Waals surface area contributed by atoms with Crippen LogP contribution in [0.1, 0.15) is 48.1 Å². The number of amides is 2. The first-order valence-corrected chi connectivity index (χ1v) is 12.2. The molecule has 3 aromatic carbocycles. The first-order chi connectivity index (χ1) is 16.8. The summed E-state index contributed by atoms with van der Waals surface area (Å²) in [6.45, 7) is 8.00. The van der Waals surface area contributed by atoms with Crippen molar-refractivity contribution < 1.29 is 14.0 Å². The van der Waals surface area contributed by atoms with E-state index >= 15 is 0 Å². The van der Waals surface area contributed by atoms with Crippen LogP contribution in [0.5, 0.6) is 0 Å². The van der Waals surface area contributed by atoms with Gasteiger partial charge in [-0.1, -0.05) is 73.7 Å². The zero-order valence-electron chi connectivity index (χ0n) is 21.1. The van der Waals surface area contributed by atoms with E-state index in [0.29, 0.717) is 12.0 Å². The molecule has 5 heteroatoms. The molecule has 0 saturated heterocycles. The summed E-state index contributed by atoms with van der Waals surface area (Å²) in [6.07, 6.45) is 1.25. The molecule has 0 unspecified atom stereocenters. The minimum atomic E-state index is -0.773. The van der Waals surface area contributed by atoms with Crippen molar-refractivity contribution in [1.29, 1.82) is 0 Å². The Bertz CT molecular complexity index is 1150. The highest BCUT2D eigenvalue weighted by molar-refractivity contribution is 5.89. The van der Waals surface area contributed by atoms with Crippen LogP contribution in [0.15, 0.2) is 72.8 Å². The number of carbonyl (C=O) groups excluding carboxylic acids is 2. The van der Waals surface area contributed by atoms with Gasteiger partial charge in [-0.15, -0.1) is 0 Å². The third-order valence-corrected chi connectivity index (χ3v) is 6.50. The molecule has 4 nitrogen and oxygen atoms in total. The zero-order chi connectivity index (χ0) is 25.4. The van der Waals surface area contributed by atoms with E-state index < -0.39 is 11.9 Å². The summed E-state index contributed by atoms with van der Waals surface area (Å²) >= 11 is 0. The fourth-order valence-corrected chi connectivity index (χ4v) is 3.99. The quantitative estimate of drug-likeness (QED) is 0.419. The van der Waals surface area contributed by atoms with Crippen molar-refractivity contribution in [2.75, 3.05) is 0 Å². The number of carbonyl (C=O) groups is 2. The number of hydrogen-bond acceptors (Lipinski definition) is 2. The maximum atomic E-state index is 14.7. The van der Waals surface area contributed by atoms with Gasteiger partial charge < -0.3 is 10.2 Å². The molecule has 0 spiro atoms. The summed E-state index contributed by atoms with van der Waals surface area (Å²) in [5.74, 6) is -0.831. The Kier molecular flexibility index (Phi) is 9.18. The molecule has 184 valence electrons. The summed E-state index contributed by atoms with van der Waals surface area (Å²) in [4.78, 5) is 28.8. The molecule has 1 N–H and O–H groups in total. The Morgan fingerprint density at radius 3 is 2.26 bits per heavy atom. The van der Waals surface area contributed by atoms with Crippen LogP contribution in [0.2, 0.25) is 0 Å². The van der Waals surface area contributed by atoms with Crippen LogP contribution >= 0.6 is 0 Å². The summed E-state index contributed by atoms with van der Waals surface area (Å²) < 4.78 is 14.7. The highest BCUT2D eigenvalue weighted by atomic mass is 19.1. The van der Waals surface area contributed by atoms with E-state index in [0.717, 1.165) is 28.7 Å². The van der Waals surface area contributed by atoms with Crippen LogP contribution in [0.3, 0.4) is 0 Å². The third kappa shape index (κ3) is 7.25. The van der Waals surface area contributed by atoms with Crippen molar-refractivity contribution >= 4 is 11.8 Å². The maximum absolute atomic E-state index is 14.7. The molecule has 0 aliphatic carbocycles. The van der Waals surface area contributed by atoms with Gasteiger partial charge in [0.15, 0.2) is 0 Å². The summed E-state index contributed by atoms with van der Waals surface area (Å²) in [5.41, 5.74) is 4.45. The summed E-state index contributed by atoms with van der Waals surface area (Å²) in [5, 5.41) is 3.04. The second-order valence-corrected chi connectivity index (χ2v) is 9.23. The minimum Gasteiger partial charge on any atom is -0.352 e. The van der Waals surface area contributed by atoms with Crippen LogP contribution in [0.4, 0.5) is 4.39 Å². The Morgan fingerprint density at radius 2 is 1.60 bits per heavy atom. The van der Waals surface area contributed by atoms with Crippen molar-refractivity contribution in [3.05, 3.63) is 106 Å². The van der Waals surface area contributed by atoms with Crippen LogP contribution < -0.4 is 5.32 Å². The van der Waals surface area contributed by atoms with Gasteiger partial charge in [0.25, 0.3) is 0 Å². The molecular formula is C30H35FN2O2. The molecule has 0 aliphatic rings. The van der Waals surface area contributed by atoms with Crippen LogP contribution in [-0.4, -0.2) is 28.8 Å². The van der Waals surface area contributed by atoms with Gasteiger partial charge in [-0.2, -0.15) is 0 Å². The van der Waals surface area contributed by atoms with Gasteiger partial charge in [0.05, 0.1) is 6.42 Å². The molecule has 3 aromatic rings. The van der Waals surface area contributed by atoms with E-state index in [1.165, 1.54) is 11.0 Å². The maximum Gasteiger partial charge on any atom is 0.243 e. The summed E-state index contributed by atoms with van der Waals surface area (Å²) in [7, 11) is 0. The number of aryl methyl sites for hydroxylation is 2. The Labute approximate surface area is 208 Å². The zero-order valence-corrected chi connectivity index (χ0v) is 21.1. The van der Waals surface area contributed by atoms with Crippen molar-refractivity contribution in [2.24, 2.45) is 0 Å². The normalized spacial score (nSPS) is 12.6. The second kappa shape index (κ2) is 12.3. The van der Waals surface area contributed by atoms with Gasteiger partial charge in [0.2, 0.25) is 11.8 Å². The lowest BCUT2D eigenvalue weighted by Crippen LogP contribution is -2.52. The Morgan fingerprint density at radius 1 is 0.914 bits per heavy atom. The Balaban J connectivity index is 1.99. The molecule has 35 heavy (non-hydrogen) atoms. The average molecular weight is 475 g/mol. The lowest BCUT2D eigenvalue weighted by molar-refractivity contribution is -0.141. The van der Waals surface area contributed by atoms with Gasteiger partial charge >= 0.3 is 0 Å². The van der Waals surface area contributed by atoms with Gasteiger partial charge in [0.1, 0.15) is 11.9 Å². The topological polar surface area (TPSA) is 49.4 Å². The van der Waals surface area contributed by atoms with Gasteiger partial charge in [0, 0.05) is 24.6 Å². The van der Waals surface area contributed by atoms with E-state index in [9.17, 15) is 14.0 Å². The summed E-state index contributed by atoms with van der Waals surface area (Å²) in [6, 6.07) is 21.2. The fourth-order valence-electron chi connectivity index (χ4n) is 3.99. The van der Waals surface area contributed by atoms with Crippen molar-refractivity contribution in [3.63, 3.8) is 0 Å². The molecule has 2 atom stereocenters. The molecule has 0 aromatic heterocycles. The number of nitrogens with one attached hydrogen (secondary N) is 1. The first kappa shape index (κ1) is 26.1. The molecular weight excluding hydrogens is 439 g/mol. The smallest absolute Gasteiger partial charge is 0.243 e. The number of rotatable bonds is 10. The molecule has 0 saturated carbocycles. The molecule has 2 amide bonds. The minimum absolute atomic E-state index is 0.0157. The number of benzene rings is 3. The van der Waals surface area contributed by atoms with Crippen LogP contribution in [0.25, 0.3) is 0 Å². The Hall–Kier alpha value is -3.47. The number of halogens is 1. The molecule has 0 heterocycles. The monoisotopic (exact) mass is 474 g/mol. The third-order valence-electron chi connectivity index (χ3n) is 6.50. The molecule has 3 rings (SSSR count). The van der Waals surface area contributed by atoms with Gasteiger partial charge in [-0.25, -0.2) is 4.39 Å². The standard InChI is InChI=1S/C30H35FN2O2/c1-5-23(4)32-30(35)28(18-24-11-7-6-8-12-24)33(20-26-13-9-10-14-27(26)31)29(34)19-25-16-15-21(2)22(3)17-25/h6-17,23,28H,5,18-20H2,1-4H3,(H,32,35)/t23-,28-/m0/s1. The lowest BCUT2D eigenvalue weighted by Gasteiger charge is -2.32. The fraction of sp³-hybridized carbons (Fsp3) is 0.333. The van der Waals surface area contributed by atoms with Crippen LogP contribution in [0, 0.1) is 19.7 Å². The van der Waals surface area contributed by atoms with Crippen molar-refractivity contribution in [2.45, 2.75) is 65.6 Å². The van der Waals surface area contributed by atoms with E-state index in [2.05, 4.69) is 5.32 Å². The highest BCUT2D eigenvalue weighted by Gasteiger charge is 2.31. The van der Waals surface area contributed by atoms with E-state index in [1.54, 1.807) is 18.2 Å². The number of nitrogens with zero attached hydrogens (tertiary/aromatic N) is 1. The molecule has 0 bridgehead atoms. The van der Waals surface area contributed by atoms with E-state index in [4.69, 9.17) is 0 Å².